The van der Waals surface area contributed by atoms with Crippen LogP contribution >= 0.6 is 0 Å². The molecule has 1 aliphatic rings. The van der Waals surface area contributed by atoms with Crippen molar-refractivity contribution in [2.24, 2.45) is 0 Å². The first kappa shape index (κ1) is 23.4. The fraction of sp³-hybridized carbons (Fsp3) is 0.286. The molecule has 0 saturated carbocycles. The fourth-order valence-corrected chi connectivity index (χ4v) is 4.34. The zero-order valence-corrected chi connectivity index (χ0v) is 19.6. The lowest BCUT2D eigenvalue weighted by atomic mass is 10.0. The minimum absolute atomic E-state index is 0.0643. The highest BCUT2D eigenvalue weighted by Crippen LogP contribution is 2.37. The summed E-state index contributed by atoms with van der Waals surface area (Å²) in [6.07, 6.45) is 0.911. The number of nitrogens with zero attached hydrogens (tertiary/aromatic N) is 1. The number of hydrogen-bond acceptors (Lipinski definition) is 4. The molecule has 6 nitrogen and oxygen atoms in total. The molecule has 0 spiro atoms. The normalized spacial score (nSPS) is 13.4. The van der Waals surface area contributed by atoms with E-state index in [1.807, 2.05) is 79.7 Å². The van der Waals surface area contributed by atoms with Crippen LogP contribution in [0.15, 0.2) is 72.8 Å². The number of carbonyl (C=O) groups is 2. The molecule has 1 unspecified atom stereocenters. The minimum Gasteiger partial charge on any atom is -0.493 e. The Morgan fingerprint density at radius 1 is 1.03 bits per heavy atom. The van der Waals surface area contributed by atoms with Gasteiger partial charge in [0.25, 0.3) is 5.91 Å². The number of fused-ring (bicyclic) bond motifs is 1. The van der Waals surface area contributed by atoms with Crippen molar-refractivity contribution >= 4 is 11.8 Å². The van der Waals surface area contributed by atoms with E-state index in [1.54, 1.807) is 12.0 Å². The lowest BCUT2D eigenvalue weighted by molar-refractivity contribution is -0.122. The molecule has 3 aromatic rings. The second-order valence-corrected chi connectivity index (χ2v) is 8.24. The van der Waals surface area contributed by atoms with Gasteiger partial charge < -0.3 is 19.7 Å². The van der Waals surface area contributed by atoms with Crippen molar-refractivity contribution in [2.45, 2.75) is 32.4 Å². The Balaban J connectivity index is 1.55. The molecule has 0 radical (unpaired) electrons. The van der Waals surface area contributed by atoms with Crippen molar-refractivity contribution in [3.8, 4) is 11.5 Å². The van der Waals surface area contributed by atoms with Crippen molar-refractivity contribution in [3.63, 3.8) is 0 Å². The van der Waals surface area contributed by atoms with Gasteiger partial charge >= 0.3 is 0 Å². The number of methoxy groups -OCH3 is 1. The van der Waals surface area contributed by atoms with Gasteiger partial charge in [0.05, 0.1) is 26.2 Å². The molecule has 1 heterocycles. The fourth-order valence-electron chi connectivity index (χ4n) is 4.34. The average Bonchev–Trinajstić information content (AvgIpc) is 3.20. The topological polar surface area (TPSA) is 67.9 Å². The zero-order valence-electron chi connectivity index (χ0n) is 19.6. The Bertz CT molecular complexity index is 1150. The Hall–Kier alpha value is -3.80. The number of rotatable bonds is 10. The summed E-state index contributed by atoms with van der Waals surface area (Å²) in [5, 5.41) is 3.02. The van der Waals surface area contributed by atoms with Crippen LogP contribution in [0.2, 0.25) is 0 Å². The predicted octanol–water partition coefficient (Wildman–Crippen LogP) is 4.54. The average molecular weight is 459 g/mol. The monoisotopic (exact) mass is 458 g/mol. The van der Waals surface area contributed by atoms with Gasteiger partial charge in [0, 0.05) is 18.7 Å². The number of hydrogen-bond donors (Lipinski definition) is 1. The number of ether oxygens (including phenoxy) is 2. The molecule has 4 rings (SSSR count). The van der Waals surface area contributed by atoms with E-state index in [4.69, 9.17) is 9.47 Å². The molecule has 0 aromatic heterocycles. The van der Waals surface area contributed by atoms with Gasteiger partial charge in [-0.1, -0.05) is 54.6 Å². The van der Waals surface area contributed by atoms with Crippen molar-refractivity contribution < 1.29 is 19.1 Å². The molecule has 0 bridgehead atoms. The molecule has 34 heavy (non-hydrogen) atoms. The predicted molar refractivity (Wildman–Crippen MR) is 131 cm³/mol. The third-order valence-corrected chi connectivity index (χ3v) is 6.06. The standard InChI is InChI=1S/C28H30N2O4/c1-3-34-25-14-13-21(17-26(25)33-2)24(30-19-22-11-7-8-12-23(22)28(30)32)18-27(31)29-16-15-20-9-5-4-6-10-20/h4-14,17,24H,3,15-16,18-19H2,1-2H3,(H,29,31). The van der Waals surface area contributed by atoms with Crippen LogP contribution in [-0.4, -0.2) is 37.0 Å². The molecule has 1 atom stereocenters. The van der Waals surface area contributed by atoms with Crippen LogP contribution in [0.5, 0.6) is 11.5 Å². The molecule has 176 valence electrons. The molecule has 0 saturated heterocycles. The first-order valence-electron chi connectivity index (χ1n) is 11.6. The van der Waals surface area contributed by atoms with E-state index in [-0.39, 0.29) is 18.2 Å². The quantitative estimate of drug-likeness (QED) is 0.484. The largest absolute Gasteiger partial charge is 0.493 e. The number of benzene rings is 3. The van der Waals surface area contributed by atoms with Gasteiger partial charge in [-0.3, -0.25) is 9.59 Å². The number of amides is 2. The summed E-state index contributed by atoms with van der Waals surface area (Å²) < 4.78 is 11.2. The van der Waals surface area contributed by atoms with Gasteiger partial charge in [-0.25, -0.2) is 0 Å². The summed E-state index contributed by atoms with van der Waals surface area (Å²) in [6, 6.07) is 22.8. The third-order valence-electron chi connectivity index (χ3n) is 6.06. The summed E-state index contributed by atoms with van der Waals surface area (Å²) in [6.45, 7) is 3.43. The Labute approximate surface area is 200 Å². The van der Waals surface area contributed by atoms with Crippen LogP contribution in [0.4, 0.5) is 0 Å². The first-order valence-corrected chi connectivity index (χ1v) is 11.6. The van der Waals surface area contributed by atoms with E-state index in [1.165, 1.54) is 5.56 Å². The second-order valence-electron chi connectivity index (χ2n) is 8.24. The van der Waals surface area contributed by atoms with Crippen LogP contribution in [-0.2, 0) is 17.8 Å². The van der Waals surface area contributed by atoms with Gasteiger partial charge in [-0.05, 0) is 48.2 Å². The molecular weight excluding hydrogens is 428 g/mol. The molecular formula is C28H30N2O4. The van der Waals surface area contributed by atoms with Crippen molar-refractivity contribution in [2.75, 3.05) is 20.3 Å². The van der Waals surface area contributed by atoms with Crippen molar-refractivity contribution in [1.29, 1.82) is 0 Å². The summed E-state index contributed by atoms with van der Waals surface area (Å²) in [4.78, 5) is 28.0. The van der Waals surface area contributed by atoms with E-state index < -0.39 is 6.04 Å². The van der Waals surface area contributed by atoms with Crippen LogP contribution < -0.4 is 14.8 Å². The van der Waals surface area contributed by atoms with Crippen molar-refractivity contribution in [3.05, 3.63) is 95.1 Å². The van der Waals surface area contributed by atoms with Gasteiger partial charge in [0.15, 0.2) is 11.5 Å². The van der Waals surface area contributed by atoms with Gasteiger partial charge in [-0.2, -0.15) is 0 Å². The molecule has 2 amide bonds. The summed E-state index contributed by atoms with van der Waals surface area (Å²) in [7, 11) is 1.59. The van der Waals surface area contributed by atoms with E-state index >= 15 is 0 Å². The maximum atomic E-state index is 13.3. The number of nitrogens with one attached hydrogen (secondary N) is 1. The van der Waals surface area contributed by atoms with Crippen LogP contribution in [0.25, 0.3) is 0 Å². The van der Waals surface area contributed by atoms with Gasteiger partial charge in [0.2, 0.25) is 5.91 Å². The maximum Gasteiger partial charge on any atom is 0.255 e. The lowest BCUT2D eigenvalue weighted by Crippen LogP contribution is -2.35. The van der Waals surface area contributed by atoms with Crippen molar-refractivity contribution in [1.82, 2.24) is 10.2 Å². The SMILES string of the molecule is CCOc1ccc(C(CC(=O)NCCc2ccccc2)N2Cc3ccccc3C2=O)cc1OC. The van der Waals surface area contributed by atoms with E-state index in [0.29, 0.717) is 36.8 Å². The summed E-state index contributed by atoms with van der Waals surface area (Å²) in [5.74, 6) is 1.05. The van der Waals surface area contributed by atoms with Gasteiger partial charge in [0.1, 0.15) is 0 Å². The maximum absolute atomic E-state index is 13.3. The molecule has 1 N–H and O–H groups in total. The molecule has 6 heteroatoms. The highest BCUT2D eigenvalue weighted by molar-refractivity contribution is 5.98. The Kier molecular flexibility index (Phi) is 7.48. The highest BCUT2D eigenvalue weighted by atomic mass is 16.5. The molecule has 0 aliphatic carbocycles. The van der Waals surface area contributed by atoms with Crippen LogP contribution in [0.1, 0.15) is 46.4 Å². The minimum atomic E-state index is -0.429. The molecule has 1 aliphatic heterocycles. The van der Waals surface area contributed by atoms with Crippen LogP contribution in [0, 0.1) is 0 Å². The molecule has 0 fully saturated rings. The highest BCUT2D eigenvalue weighted by Gasteiger charge is 2.34. The third kappa shape index (κ3) is 5.22. The zero-order chi connectivity index (χ0) is 23.9. The van der Waals surface area contributed by atoms with Gasteiger partial charge in [-0.15, -0.1) is 0 Å². The summed E-state index contributed by atoms with van der Waals surface area (Å²) in [5.41, 5.74) is 3.66. The van der Waals surface area contributed by atoms with E-state index in [9.17, 15) is 9.59 Å². The Morgan fingerprint density at radius 2 is 1.79 bits per heavy atom. The van der Waals surface area contributed by atoms with Crippen LogP contribution in [0.3, 0.4) is 0 Å². The number of carbonyl (C=O) groups excluding carboxylic acids is 2. The second kappa shape index (κ2) is 10.9. The molecule has 3 aromatic carbocycles. The smallest absolute Gasteiger partial charge is 0.255 e. The first-order chi connectivity index (χ1) is 16.6. The Morgan fingerprint density at radius 3 is 2.53 bits per heavy atom. The van der Waals surface area contributed by atoms with E-state index in [0.717, 1.165) is 17.5 Å². The van der Waals surface area contributed by atoms with E-state index in [2.05, 4.69) is 5.32 Å². The summed E-state index contributed by atoms with van der Waals surface area (Å²) >= 11 is 0. The lowest BCUT2D eigenvalue weighted by Gasteiger charge is -2.28.